The van der Waals surface area contributed by atoms with E-state index in [1.165, 1.54) is 11.4 Å². The fourth-order valence-corrected chi connectivity index (χ4v) is 3.38. The summed E-state index contributed by atoms with van der Waals surface area (Å²) in [5.41, 5.74) is 1.93. The number of rotatable bonds is 7. The van der Waals surface area contributed by atoms with Gasteiger partial charge in [-0.1, -0.05) is 18.2 Å². The van der Waals surface area contributed by atoms with Crippen molar-refractivity contribution in [1.29, 1.82) is 0 Å². The second-order valence-electron chi connectivity index (χ2n) is 5.89. The minimum absolute atomic E-state index is 0.0197. The van der Waals surface area contributed by atoms with Gasteiger partial charge in [-0.05, 0) is 37.3 Å². The molecule has 0 saturated heterocycles. The summed E-state index contributed by atoms with van der Waals surface area (Å²) in [5, 5.41) is 0. The van der Waals surface area contributed by atoms with E-state index in [1.54, 1.807) is 50.2 Å². The fraction of sp³-hybridized carbons (Fsp3) is 0.316. The van der Waals surface area contributed by atoms with Crippen LogP contribution in [0.4, 0.5) is 5.69 Å². The van der Waals surface area contributed by atoms with Crippen LogP contribution < -0.4 is 9.04 Å². The largest absolute Gasteiger partial charge is 0.496 e. The van der Waals surface area contributed by atoms with E-state index < -0.39 is 10.0 Å². The van der Waals surface area contributed by atoms with Gasteiger partial charge in [-0.3, -0.25) is 9.10 Å². The standard InChI is InChI=1S/C19H24N2O4S/c1-5-26(23,24)21(3)17-12-10-15(11-13-17)19(22)20(2)14-16-8-6-7-9-18(16)25-4/h6-13H,5,14H2,1-4H3. The van der Waals surface area contributed by atoms with Gasteiger partial charge in [0.15, 0.2) is 0 Å². The molecule has 6 nitrogen and oxygen atoms in total. The van der Waals surface area contributed by atoms with Crippen molar-refractivity contribution in [2.75, 3.05) is 31.3 Å². The molecule has 0 heterocycles. The van der Waals surface area contributed by atoms with Crippen LogP contribution in [0.5, 0.6) is 5.75 Å². The van der Waals surface area contributed by atoms with Gasteiger partial charge in [-0.15, -0.1) is 0 Å². The van der Waals surface area contributed by atoms with Crippen molar-refractivity contribution in [3.63, 3.8) is 0 Å². The number of nitrogens with zero attached hydrogens (tertiary/aromatic N) is 2. The zero-order valence-electron chi connectivity index (χ0n) is 15.5. The molecule has 0 unspecified atom stereocenters. The Kier molecular flexibility index (Phi) is 6.26. The van der Waals surface area contributed by atoms with E-state index in [9.17, 15) is 13.2 Å². The number of sulfonamides is 1. The van der Waals surface area contributed by atoms with Gasteiger partial charge in [-0.25, -0.2) is 8.42 Å². The number of anilines is 1. The molecule has 0 radical (unpaired) electrons. The van der Waals surface area contributed by atoms with Crippen LogP contribution in [0.15, 0.2) is 48.5 Å². The molecule has 140 valence electrons. The Morgan fingerprint density at radius 3 is 2.23 bits per heavy atom. The van der Waals surface area contributed by atoms with Crippen molar-refractivity contribution in [2.24, 2.45) is 0 Å². The Bertz CT molecular complexity index is 863. The van der Waals surface area contributed by atoms with Crippen LogP contribution in [-0.4, -0.2) is 46.2 Å². The first-order valence-corrected chi connectivity index (χ1v) is 9.85. The first-order valence-electron chi connectivity index (χ1n) is 8.24. The lowest BCUT2D eigenvalue weighted by Crippen LogP contribution is -2.28. The molecule has 1 amide bonds. The summed E-state index contributed by atoms with van der Waals surface area (Å²) in [7, 11) is 1.49. The van der Waals surface area contributed by atoms with Crippen LogP contribution in [0.2, 0.25) is 0 Å². The van der Waals surface area contributed by atoms with Gasteiger partial charge in [0, 0.05) is 31.8 Å². The van der Waals surface area contributed by atoms with E-state index in [1.807, 2.05) is 24.3 Å². The van der Waals surface area contributed by atoms with Crippen LogP contribution in [0.3, 0.4) is 0 Å². The number of amides is 1. The zero-order chi connectivity index (χ0) is 19.3. The van der Waals surface area contributed by atoms with Crippen LogP contribution in [0, 0.1) is 0 Å². The maximum atomic E-state index is 12.6. The number of carbonyl (C=O) groups is 1. The average molecular weight is 376 g/mol. The molecular formula is C19H24N2O4S. The van der Waals surface area contributed by atoms with Crippen molar-refractivity contribution >= 4 is 21.6 Å². The molecule has 2 rings (SSSR count). The number of hydrogen-bond acceptors (Lipinski definition) is 4. The lowest BCUT2D eigenvalue weighted by molar-refractivity contribution is 0.0784. The molecule has 0 N–H and O–H groups in total. The molecule has 0 atom stereocenters. The molecule has 0 saturated carbocycles. The second kappa shape index (κ2) is 8.23. The van der Waals surface area contributed by atoms with Gasteiger partial charge in [-0.2, -0.15) is 0 Å². The summed E-state index contributed by atoms with van der Waals surface area (Å²) in [6.07, 6.45) is 0. The fourth-order valence-electron chi connectivity index (χ4n) is 2.55. The Morgan fingerprint density at radius 2 is 1.65 bits per heavy atom. The molecule has 7 heteroatoms. The number of benzene rings is 2. The SMILES string of the molecule is CCS(=O)(=O)N(C)c1ccc(C(=O)N(C)Cc2ccccc2OC)cc1. The summed E-state index contributed by atoms with van der Waals surface area (Å²) in [6, 6.07) is 14.1. The zero-order valence-corrected chi connectivity index (χ0v) is 16.3. The van der Waals surface area contributed by atoms with E-state index in [2.05, 4.69) is 0 Å². The Labute approximate surface area is 155 Å². The summed E-state index contributed by atoms with van der Waals surface area (Å²) in [4.78, 5) is 14.2. The van der Waals surface area contributed by atoms with E-state index >= 15 is 0 Å². The number of carbonyl (C=O) groups excluding carboxylic acids is 1. The highest BCUT2D eigenvalue weighted by atomic mass is 32.2. The normalized spacial score (nSPS) is 11.1. The topological polar surface area (TPSA) is 66.9 Å². The molecule has 0 aliphatic carbocycles. The summed E-state index contributed by atoms with van der Waals surface area (Å²) in [5.74, 6) is 0.601. The lowest BCUT2D eigenvalue weighted by atomic mass is 10.1. The third kappa shape index (κ3) is 4.35. The van der Waals surface area contributed by atoms with Gasteiger partial charge in [0.1, 0.15) is 5.75 Å². The molecular weight excluding hydrogens is 352 g/mol. The minimum atomic E-state index is -3.32. The number of methoxy groups -OCH3 is 1. The quantitative estimate of drug-likeness (QED) is 0.745. The number of para-hydroxylation sites is 1. The maximum Gasteiger partial charge on any atom is 0.253 e. The van der Waals surface area contributed by atoms with Crippen LogP contribution in [0.1, 0.15) is 22.8 Å². The van der Waals surface area contributed by atoms with E-state index in [0.29, 0.717) is 17.8 Å². The third-order valence-corrected chi connectivity index (χ3v) is 5.98. The van der Waals surface area contributed by atoms with Gasteiger partial charge in [0.05, 0.1) is 18.6 Å². The molecule has 0 spiro atoms. The van der Waals surface area contributed by atoms with Gasteiger partial charge in [0.2, 0.25) is 10.0 Å². The Hall–Kier alpha value is -2.54. The highest BCUT2D eigenvalue weighted by Crippen LogP contribution is 2.21. The van der Waals surface area contributed by atoms with E-state index in [4.69, 9.17) is 4.74 Å². The second-order valence-corrected chi connectivity index (χ2v) is 8.18. The molecule has 2 aromatic rings. The molecule has 0 bridgehead atoms. The van der Waals surface area contributed by atoms with Crippen molar-refractivity contribution in [2.45, 2.75) is 13.5 Å². The predicted octanol–water partition coefficient (Wildman–Crippen LogP) is 2.75. The van der Waals surface area contributed by atoms with Gasteiger partial charge < -0.3 is 9.64 Å². The Balaban J connectivity index is 2.14. The highest BCUT2D eigenvalue weighted by Gasteiger charge is 2.18. The van der Waals surface area contributed by atoms with Gasteiger partial charge >= 0.3 is 0 Å². The maximum absolute atomic E-state index is 12.6. The average Bonchev–Trinajstić information content (AvgIpc) is 2.67. The van der Waals surface area contributed by atoms with E-state index in [-0.39, 0.29) is 11.7 Å². The van der Waals surface area contributed by atoms with Crippen LogP contribution in [-0.2, 0) is 16.6 Å². The lowest BCUT2D eigenvalue weighted by Gasteiger charge is -2.21. The van der Waals surface area contributed by atoms with Crippen LogP contribution in [0.25, 0.3) is 0 Å². The smallest absolute Gasteiger partial charge is 0.253 e. The van der Waals surface area contributed by atoms with Crippen molar-refractivity contribution in [3.8, 4) is 5.75 Å². The highest BCUT2D eigenvalue weighted by molar-refractivity contribution is 7.92. The molecule has 0 fully saturated rings. The predicted molar refractivity (Wildman–Crippen MR) is 103 cm³/mol. The van der Waals surface area contributed by atoms with Gasteiger partial charge in [0.25, 0.3) is 5.91 Å². The van der Waals surface area contributed by atoms with Crippen molar-refractivity contribution < 1.29 is 17.9 Å². The monoisotopic (exact) mass is 376 g/mol. The molecule has 26 heavy (non-hydrogen) atoms. The number of hydrogen-bond donors (Lipinski definition) is 0. The number of ether oxygens (including phenoxy) is 1. The summed E-state index contributed by atoms with van der Waals surface area (Å²) < 4.78 is 30.4. The molecule has 0 aromatic heterocycles. The molecule has 2 aromatic carbocycles. The molecule has 0 aliphatic rings. The molecule has 0 aliphatic heterocycles. The van der Waals surface area contributed by atoms with E-state index in [0.717, 1.165) is 11.3 Å². The third-order valence-electron chi connectivity index (χ3n) is 4.21. The first-order chi connectivity index (χ1) is 12.3. The summed E-state index contributed by atoms with van der Waals surface area (Å²) in [6.45, 7) is 2.01. The minimum Gasteiger partial charge on any atom is -0.496 e. The van der Waals surface area contributed by atoms with Crippen molar-refractivity contribution in [3.05, 3.63) is 59.7 Å². The van der Waals surface area contributed by atoms with Crippen LogP contribution >= 0.6 is 0 Å². The summed E-state index contributed by atoms with van der Waals surface area (Å²) >= 11 is 0. The first kappa shape index (κ1) is 19.8. The Morgan fingerprint density at radius 1 is 1.04 bits per heavy atom. The van der Waals surface area contributed by atoms with Crippen molar-refractivity contribution in [1.82, 2.24) is 4.90 Å².